The summed E-state index contributed by atoms with van der Waals surface area (Å²) in [5, 5.41) is 14.2. The number of nitrogens with zero attached hydrogens (tertiary/aromatic N) is 2. The molecule has 0 saturated heterocycles. The molecule has 160 valence electrons. The molecule has 1 N–H and O–H groups in total. The smallest absolute Gasteiger partial charge is 0.339 e. The van der Waals surface area contributed by atoms with Crippen LogP contribution in [0.2, 0.25) is 0 Å². The van der Waals surface area contributed by atoms with Gasteiger partial charge in [-0.2, -0.15) is 0 Å². The van der Waals surface area contributed by atoms with Gasteiger partial charge in [-0.05, 0) is 24.6 Å². The largest absolute Gasteiger partial charge is 0.449 e. The van der Waals surface area contributed by atoms with E-state index in [0.717, 1.165) is 11.6 Å². The molecule has 1 atom stereocenters. The van der Waals surface area contributed by atoms with Crippen molar-refractivity contribution < 1.29 is 24.0 Å². The van der Waals surface area contributed by atoms with Crippen molar-refractivity contribution in [1.82, 2.24) is 4.90 Å². The van der Waals surface area contributed by atoms with Crippen LogP contribution in [-0.4, -0.2) is 55.1 Å². The van der Waals surface area contributed by atoms with Crippen LogP contribution in [0.1, 0.15) is 22.8 Å². The van der Waals surface area contributed by atoms with Gasteiger partial charge in [0.15, 0.2) is 6.10 Å². The van der Waals surface area contributed by atoms with E-state index in [1.54, 1.807) is 7.05 Å². The third-order valence-electron chi connectivity index (χ3n) is 4.32. The Morgan fingerprint density at radius 1 is 1.20 bits per heavy atom. The summed E-state index contributed by atoms with van der Waals surface area (Å²) in [5.74, 6) is -1.19. The fourth-order valence-corrected chi connectivity index (χ4v) is 2.77. The molecule has 2 aromatic carbocycles. The van der Waals surface area contributed by atoms with Crippen molar-refractivity contribution in [2.24, 2.45) is 0 Å². The number of anilines is 1. The summed E-state index contributed by atoms with van der Waals surface area (Å²) in [6, 6.07) is 13.4. The molecule has 9 nitrogen and oxygen atoms in total. The highest BCUT2D eigenvalue weighted by Gasteiger charge is 2.24. The summed E-state index contributed by atoms with van der Waals surface area (Å²) < 4.78 is 10.1. The van der Waals surface area contributed by atoms with Gasteiger partial charge in [0, 0.05) is 33.3 Å². The Morgan fingerprint density at radius 2 is 1.90 bits per heavy atom. The number of carbonyl (C=O) groups is 2. The number of likely N-dealkylation sites (N-methyl/N-ethyl adjacent to an activating group) is 1. The Hall–Kier alpha value is -3.46. The maximum Gasteiger partial charge on any atom is 0.339 e. The molecule has 0 aromatic heterocycles. The van der Waals surface area contributed by atoms with Crippen LogP contribution in [-0.2, 0) is 20.8 Å². The number of nitro benzene ring substituents is 1. The van der Waals surface area contributed by atoms with E-state index in [1.165, 1.54) is 31.1 Å². The monoisotopic (exact) mass is 415 g/mol. The van der Waals surface area contributed by atoms with Crippen LogP contribution in [0.15, 0.2) is 48.5 Å². The van der Waals surface area contributed by atoms with Gasteiger partial charge < -0.3 is 19.7 Å². The molecule has 1 amide bonds. The normalized spacial score (nSPS) is 11.4. The SMILES string of the molecule is COCCNc1ccc(C(=O)O[C@@H](C)C(=O)N(C)Cc2ccccc2)cc1[N+](=O)[O-]. The molecule has 0 spiro atoms. The minimum absolute atomic E-state index is 0.00986. The first-order chi connectivity index (χ1) is 14.3. The summed E-state index contributed by atoms with van der Waals surface area (Å²) in [6.45, 7) is 2.59. The zero-order valence-corrected chi connectivity index (χ0v) is 17.2. The summed E-state index contributed by atoms with van der Waals surface area (Å²) >= 11 is 0. The highest BCUT2D eigenvalue weighted by Crippen LogP contribution is 2.26. The molecule has 0 aliphatic heterocycles. The predicted octanol–water partition coefficient (Wildman–Crippen LogP) is 2.86. The predicted molar refractivity (Wildman–Crippen MR) is 111 cm³/mol. The first-order valence-corrected chi connectivity index (χ1v) is 9.34. The number of rotatable bonds is 10. The number of nitrogens with one attached hydrogen (secondary N) is 1. The van der Waals surface area contributed by atoms with E-state index in [2.05, 4.69) is 5.32 Å². The minimum atomic E-state index is -1.04. The number of amides is 1. The van der Waals surface area contributed by atoms with Crippen LogP contribution in [0.25, 0.3) is 0 Å². The van der Waals surface area contributed by atoms with Crippen LogP contribution >= 0.6 is 0 Å². The van der Waals surface area contributed by atoms with Gasteiger partial charge >= 0.3 is 5.97 Å². The van der Waals surface area contributed by atoms with Crippen LogP contribution in [0.4, 0.5) is 11.4 Å². The molecule has 2 rings (SSSR count). The molecular formula is C21H25N3O6. The fraction of sp³-hybridized carbons (Fsp3) is 0.333. The lowest BCUT2D eigenvalue weighted by Gasteiger charge is -2.21. The average molecular weight is 415 g/mol. The third kappa shape index (κ3) is 6.28. The van der Waals surface area contributed by atoms with Crippen molar-refractivity contribution in [2.75, 3.05) is 32.6 Å². The number of esters is 1. The van der Waals surface area contributed by atoms with E-state index in [1.807, 2.05) is 30.3 Å². The lowest BCUT2D eigenvalue weighted by Crippen LogP contribution is -2.37. The van der Waals surface area contributed by atoms with Gasteiger partial charge in [-0.3, -0.25) is 14.9 Å². The molecule has 30 heavy (non-hydrogen) atoms. The van der Waals surface area contributed by atoms with Crippen molar-refractivity contribution in [3.05, 3.63) is 69.8 Å². The van der Waals surface area contributed by atoms with Crippen LogP contribution in [0, 0.1) is 10.1 Å². The van der Waals surface area contributed by atoms with E-state index >= 15 is 0 Å². The number of ether oxygens (including phenoxy) is 2. The Morgan fingerprint density at radius 3 is 2.53 bits per heavy atom. The fourth-order valence-electron chi connectivity index (χ4n) is 2.77. The molecule has 9 heteroatoms. The second-order valence-electron chi connectivity index (χ2n) is 6.64. The van der Waals surface area contributed by atoms with Crippen molar-refractivity contribution in [3.63, 3.8) is 0 Å². The van der Waals surface area contributed by atoms with Gasteiger partial charge in [-0.1, -0.05) is 30.3 Å². The van der Waals surface area contributed by atoms with Gasteiger partial charge in [0.25, 0.3) is 11.6 Å². The second-order valence-corrected chi connectivity index (χ2v) is 6.64. The number of benzene rings is 2. The van der Waals surface area contributed by atoms with Gasteiger partial charge in [0.2, 0.25) is 0 Å². The summed E-state index contributed by atoms with van der Waals surface area (Å²) in [7, 11) is 3.14. The molecule has 0 radical (unpaired) electrons. The molecule has 0 bridgehead atoms. The first-order valence-electron chi connectivity index (χ1n) is 9.34. The summed E-state index contributed by atoms with van der Waals surface area (Å²) in [5.41, 5.74) is 0.935. The maximum atomic E-state index is 12.5. The molecule has 0 aliphatic carbocycles. The van der Waals surface area contributed by atoms with E-state index in [9.17, 15) is 19.7 Å². The molecule has 0 fully saturated rings. The second kappa shape index (κ2) is 10.9. The van der Waals surface area contributed by atoms with Crippen molar-refractivity contribution >= 4 is 23.3 Å². The zero-order valence-electron chi connectivity index (χ0n) is 17.2. The lowest BCUT2D eigenvalue weighted by molar-refractivity contribution is -0.384. The molecular weight excluding hydrogens is 390 g/mol. The lowest BCUT2D eigenvalue weighted by atomic mass is 10.1. The van der Waals surface area contributed by atoms with E-state index in [4.69, 9.17) is 9.47 Å². The van der Waals surface area contributed by atoms with E-state index in [0.29, 0.717) is 19.7 Å². The molecule has 0 unspecified atom stereocenters. The number of hydrogen-bond donors (Lipinski definition) is 1. The average Bonchev–Trinajstić information content (AvgIpc) is 2.73. The number of methoxy groups -OCH3 is 1. The highest BCUT2D eigenvalue weighted by atomic mass is 16.6. The Bertz CT molecular complexity index is 888. The van der Waals surface area contributed by atoms with E-state index < -0.39 is 17.0 Å². The summed E-state index contributed by atoms with van der Waals surface area (Å²) in [6.07, 6.45) is -1.04. The summed E-state index contributed by atoms with van der Waals surface area (Å²) in [4.78, 5) is 37.2. The first kappa shape index (κ1) is 22.8. The third-order valence-corrected chi connectivity index (χ3v) is 4.32. The van der Waals surface area contributed by atoms with Gasteiger partial charge in [0.1, 0.15) is 5.69 Å². The van der Waals surface area contributed by atoms with Crippen molar-refractivity contribution in [1.29, 1.82) is 0 Å². The van der Waals surface area contributed by atoms with E-state index in [-0.39, 0.29) is 22.8 Å². The number of nitro groups is 1. The Kier molecular flexibility index (Phi) is 8.30. The standard InChI is InChI=1S/C21H25N3O6/c1-15(20(25)23(2)14-16-7-5-4-6-8-16)30-21(26)17-9-10-18(22-11-12-29-3)19(13-17)24(27)28/h4-10,13,15,22H,11-12,14H2,1-3H3/t15-/m0/s1. The number of hydrogen-bond acceptors (Lipinski definition) is 7. The van der Waals surface area contributed by atoms with Gasteiger partial charge in [-0.15, -0.1) is 0 Å². The molecule has 0 saturated carbocycles. The van der Waals surface area contributed by atoms with Crippen LogP contribution < -0.4 is 5.32 Å². The van der Waals surface area contributed by atoms with Gasteiger partial charge in [-0.25, -0.2) is 4.79 Å². The highest BCUT2D eigenvalue weighted by molar-refractivity contribution is 5.93. The van der Waals surface area contributed by atoms with Crippen molar-refractivity contribution in [3.8, 4) is 0 Å². The maximum absolute atomic E-state index is 12.5. The molecule has 0 aliphatic rings. The topological polar surface area (TPSA) is 111 Å². The van der Waals surface area contributed by atoms with Crippen LogP contribution in [0.3, 0.4) is 0 Å². The van der Waals surface area contributed by atoms with Crippen LogP contribution in [0.5, 0.6) is 0 Å². The minimum Gasteiger partial charge on any atom is -0.449 e. The Labute approximate surface area is 174 Å². The van der Waals surface area contributed by atoms with Crippen molar-refractivity contribution in [2.45, 2.75) is 19.6 Å². The quantitative estimate of drug-likeness (QED) is 0.275. The zero-order chi connectivity index (χ0) is 22.1. The molecule has 0 heterocycles. The Balaban J connectivity index is 2.04. The number of carbonyl (C=O) groups excluding carboxylic acids is 2. The molecule has 2 aromatic rings. The van der Waals surface area contributed by atoms with Gasteiger partial charge in [0.05, 0.1) is 17.1 Å².